The van der Waals surface area contributed by atoms with Crippen molar-refractivity contribution in [3.8, 4) is 0 Å². The molecule has 3 nitrogen and oxygen atoms in total. The molecule has 0 bridgehead atoms. The van der Waals surface area contributed by atoms with Crippen molar-refractivity contribution >= 4 is 7.85 Å². The second-order valence-electron chi connectivity index (χ2n) is 5.27. The highest BCUT2D eigenvalue weighted by Crippen LogP contribution is 2.29. The van der Waals surface area contributed by atoms with E-state index >= 15 is 0 Å². The number of hydrogen-bond donors (Lipinski definition) is 0. The topological polar surface area (TPSA) is 27.7 Å². The summed E-state index contributed by atoms with van der Waals surface area (Å²) in [5, 5.41) is 0. The van der Waals surface area contributed by atoms with E-state index in [1.807, 2.05) is 13.8 Å². The maximum absolute atomic E-state index is 5.93. The van der Waals surface area contributed by atoms with E-state index in [2.05, 4.69) is 28.6 Å². The van der Waals surface area contributed by atoms with Gasteiger partial charge in [0.1, 0.15) is 14.0 Å². The first-order valence-corrected chi connectivity index (χ1v) is 6.34. The molecule has 1 aliphatic rings. The van der Waals surface area contributed by atoms with Crippen LogP contribution in [0.3, 0.4) is 0 Å². The largest absolute Gasteiger partial charge is 0.379 e. The zero-order chi connectivity index (χ0) is 12.3. The van der Waals surface area contributed by atoms with Crippen LogP contribution < -0.4 is 0 Å². The smallest absolute Gasteiger partial charge is 0.139 e. The molecule has 1 heterocycles. The summed E-state index contributed by atoms with van der Waals surface area (Å²) in [5.41, 5.74) is 0. The van der Waals surface area contributed by atoms with Crippen LogP contribution in [0.25, 0.3) is 0 Å². The van der Waals surface area contributed by atoms with Crippen LogP contribution in [0.2, 0.25) is 0 Å². The maximum atomic E-state index is 5.93. The van der Waals surface area contributed by atoms with Crippen molar-refractivity contribution in [2.75, 3.05) is 6.61 Å². The zero-order valence-electron chi connectivity index (χ0n) is 11.4. The summed E-state index contributed by atoms with van der Waals surface area (Å²) in [5.74, 6) is 0.433. The van der Waals surface area contributed by atoms with Crippen LogP contribution in [0, 0.1) is 5.92 Å². The molecule has 94 valence electrons. The maximum Gasteiger partial charge on any atom is 0.139 e. The Morgan fingerprint density at radius 1 is 1.19 bits per heavy atom. The second kappa shape index (κ2) is 6.03. The van der Waals surface area contributed by atoms with Gasteiger partial charge in [0.05, 0.1) is 24.9 Å². The van der Waals surface area contributed by atoms with Crippen molar-refractivity contribution in [2.45, 2.75) is 65.0 Å². The van der Waals surface area contributed by atoms with Crippen LogP contribution in [0.1, 0.15) is 34.6 Å². The molecule has 0 amide bonds. The minimum atomic E-state index is 0.0785. The predicted molar refractivity (Wildman–Crippen MR) is 67.5 cm³/mol. The summed E-state index contributed by atoms with van der Waals surface area (Å²) in [7, 11) is 2.11. The van der Waals surface area contributed by atoms with E-state index in [1.54, 1.807) is 0 Å². The van der Waals surface area contributed by atoms with E-state index in [0.717, 1.165) is 0 Å². The highest BCUT2D eigenvalue weighted by molar-refractivity contribution is 6.11. The summed E-state index contributed by atoms with van der Waals surface area (Å²) < 4.78 is 17.5. The van der Waals surface area contributed by atoms with E-state index in [9.17, 15) is 0 Å². The van der Waals surface area contributed by atoms with Gasteiger partial charge in [0.15, 0.2) is 0 Å². The molecule has 1 fully saturated rings. The van der Waals surface area contributed by atoms with Crippen molar-refractivity contribution in [3.63, 3.8) is 0 Å². The van der Waals surface area contributed by atoms with E-state index in [1.165, 1.54) is 0 Å². The fourth-order valence-electron chi connectivity index (χ4n) is 2.03. The molecule has 0 spiro atoms. The fraction of sp³-hybridized carbons (Fsp3) is 1.00. The van der Waals surface area contributed by atoms with E-state index < -0.39 is 0 Å². The van der Waals surface area contributed by atoms with Gasteiger partial charge in [0.2, 0.25) is 0 Å². The Balaban J connectivity index is 2.52. The molecule has 0 radical (unpaired) electrons. The van der Waals surface area contributed by atoms with Gasteiger partial charge in [-0.3, -0.25) is 0 Å². The van der Waals surface area contributed by atoms with Crippen molar-refractivity contribution < 1.29 is 14.2 Å². The SMILES string of the molecule is BC1OC(COC(C)C)C(OC(C)C)C1C. The normalized spacial score (nSPS) is 35.2. The van der Waals surface area contributed by atoms with Crippen LogP contribution in [0.5, 0.6) is 0 Å². The van der Waals surface area contributed by atoms with E-state index in [-0.39, 0.29) is 30.4 Å². The molecule has 1 saturated heterocycles. The van der Waals surface area contributed by atoms with Gasteiger partial charge in [-0.05, 0) is 27.7 Å². The summed E-state index contributed by atoms with van der Waals surface area (Å²) in [6.07, 6.45) is 0.723. The van der Waals surface area contributed by atoms with Gasteiger partial charge in [-0.2, -0.15) is 0 Å². The summed E-state index contributed by atoms with van der Waals surface area (Å²) in [6, 6.07) is 0.254. The first kappa shape index (κ1) is 14.0. The molecule has 0 saturated carbocycles. The predicted octanol–water partition coefficient (Wildman–Crippen LogP) is 1.20. The molecule has 0 aromatic rings. The van der Waals surface area contributed by atoms with Gasteiger partial charge in [-0.1, -0.05) is 6.92 Å². The Kier molecular flexibility index (Phi) is 5.28. The first-order valence-electron chi connectivity index (χ1n) is 6.34. The highest BCUT2D eigenvalue weighted by Gasteiger charge is 2.40. The first-order chi connectivity index (χ1) is 7.41. The van der Waals surface area contributed by atoms with Gasteiger partial charge in [0.25, 0.3) is 0 Å². The molecular formula is C12H25BO3. The number of ether oxygens (including phenoxy) is 3. The Morgan fingerprint density at radius 2 is 1.81 bits per heavy atom. The summed E-state index contributed by atoms with van der Waals surface area (Å²) in [6.45, 7) is 11.0. The van der Waals surface area contributed by atoms with Crippen LogP contribution in [0.15, 0.2) is 0 Å². The molecule has 16 heavy (non-hydrogen) atoms. The third-order valence-corrected chi connectivity index (χ3v) is 3.04. The molecule has 4 atom stereocenters. The third-order valence-electron chi connectivity index (χ3n) is 3.04. The lowest BCUT2D eigenvalue weighted by Crippen LogP contribution is -2.35. The monoisotopic (exact) mass is 228 g/mol. The second-order valence-corrected chi connectivity index (χ2v) is 5.27. The van der Waals surface area contributed by atoms with Gasteiger partial charge in [-0.15, -0.1) is 0 Å². The summed E-state index contributed by atoms with van der Waals surface area (Å²) in [4.78, 5) is 0. The Morgan fingerprint density at radius 3 is 2.31 bits per heavy atom. The van der Waals surface area contributed by atoms with Crippen molar-refractivity contribution in [1.29, 1.82) is 0 Å². The molecule has 0 aromatic carbocycles. The number of hydrogen-bond acceptors (Lipinski definition) is 3. The molecular weight excluding hydrogens is 203 g/mol. The summed E-state index contributed by atoms with van der Waals surface area (Å²) >= 11 is 0. The Hall–Kier alpha value is -0.0551. The van der Waals surface area contributed by atoms with Crippen molar-refractivity contribution in [2.24, 2.45) is 5.92 Å². The van der Waals surface area contributed by atoms with E-state index in [0.29, 0.717) is 12.5 Å². The lowest BCUT2D eigenvalue weighted by atomic mass is 9.86. The van der Waals surface area contributed by atoms with Gasteiger partial charge < -0.3 is 14.2 Å². The van der Waals surface area contributed by atoms with E-state index in [4.69, 9.17) is 14.2 Å². The number of rotatable bonds is 5. The molecule has 4 unspecified atom stereocenters. The standard InChI is InChI=1S/C12H25BO3/c1-7(2)14-6-10-11(15-8(3)4)9(5)12(13)16-10/h7-12H,6,13H2,1-5H3. The molecule has 4 heteroatoms. The molecule has 0 aliphatic carbocycles. The Bertz CT molecular complexity index is 208. The lowest BCUT2D eigenvalue weighted by molar-refractivity contribution is -0.0846. The van der Waals surface area contributed by atoms with Gasteiger partial charge >= 0.3 is 0 Å². The average Bonchev–Trinajstić information content (AvgIpc) is 2.42. The highest BCUT2D eigenvalue weighted by atomic mass is 16.6. The molecule has 0 aromatic heterocycles. The van der Waals surface area contributed by atoms with Crippen LogP contribution in [0.4, 0.5) is 0 Å². The Labute approximate surface area is 100 Å². The molecule has 1 rings (SSSR count). The minimum Gasteiger partial charge on any atom is -0.379 e. The quantitative estimate of drug-likeness (QED) is 0.662. The van der Waals surface area contributed by atoms with Crippen LogP contribution in [-0.4, -0.2) is 44.9 Å². The van der Waals surface area contributed by atoms with Gasteiger partial charge in [0, 0.05) is 11.9 Å². The lowest BCUT2D eigenvalue weighted by Gasteiger charge is -2.24. The molecule has 0 N–H and O–H groups in total. The molecule has 1 aliphatic heterocycles. The van der Waals surface area contributed by atoms with Crippen LogP contribution >= 0.6 is 0 Å². The fourth-order valence-corrected chi connectivity index (χ4v) is 2.03. The van der Waals surface area contributed by atoms with Gasteiger partial charge in [-0.25, -0.2) is 0 Å². The third kappa shape index (κ3) is 3.76. The minimum absolute atomic E-state index is 0.0785. The van der Waals surface area contributed by atoms with Crippen molar-refractivity contribution in [3.05, 3.63) is 0 Å². The van der Waals surface area contributed by atoms with Crippen LogP contribution in [-0.2, 0) is 14.2 Å². The average molecular weight is 228 g/mol. The van der Waals surface area contributed by atoms with Crippen molar-refractivity contribution in [1.82, 2.24) is 0 Å². The zero-order valence-corrected chi connectivity index (χ0v) is 11.4.